The normalized spacial score (nSPS) is 12.7. The highest BCUT2D eigenvalue weighted by atomic mass is 16.6. The number of ether oxygens (including phenoxy) is 3. The second-order valence-corrected chi connectivity index (χ2v) is 9.08. The van der Waals surface area contributed by atoms with Gasteiger partial charge in [0.15, 0.2) is 6.10 Å². The van der Waals surface area contributed by atoms with Gasteiger partial charge >= 0.3 is 11.9 Å². The summed E-state index contributed by atoms with van der Waals surface area (Å²) in [6.45, 7) is 4.51. The first kappa shape index (κ1) is 34.7. The lowest BCUT2D eigenvalue weighted by molar-refractivity contribution is -0.163. The maximum Gasteiger partial charge on any atom is 0.327 e. The number of primary amides is 1. The Morgan fingerprint density at radius 3 is 2.24 bits per heavy atom. The summed E-state index contributed by atoms with van der Waals surface area (Å²) in [6, 6.07) is 6.61. The van der Waals surface area contributed by atoms with Crippen LogP contribution in [0.15, 0.2) is 42.6 Å². The number of hydrogen-bond acceptors (Lipinski definition) is 10. The zero-order chi connectivity index (χ0) is 31.1. The summed E-state index contributed by atoms with van der Waals surface area (Å²) in [5.74, 6) is -4.35. The summed E-state index contributed by atoms with van der Waals surface area (Å²) in [5.41, 5.74) is 5.45. The third-order valence-electron chi connectivity index (χ3n) is 5.84. The average molecular weight is 578 g/mol. The molecule has 4 amide bonds. The van der Waals surface area contributed by atoms with Gasteiger partial charge in [0.25, 0.3) is 11.8 Å². The van der Waals surface area contributed by atoms with Crippen LogP contribution in [0.2, 0.25) is 0 Å². The van der Waals surface area contributed by atoms with Crippen molar-refractivity contribution < 1.29 is 43.0 Å². The molecular formula is C27H39N5O9. The van der Waals surface area contributed by atoms with Crippen LogP contribution in [0.25, 0.3) is 0 Å². The highest BCUT2D eigenvalue weighted by molar-refractivity contribution is 6.00. The highest BCUT2D eigenvalue weighted by Crippen LogP contribution is 2.13. The number of nitrogens with zero attached hydrogens (tertiary/aromatic N) is 2. The number of esters is 2. The molecule has 14 nitrogen and oxygen atoms in total. The van der Waals surface area contributed by atoms with Crippen molar-refractivity contribution in [2.75, 3.05) is 48.0 Å². The summed E-state index contributed by atoms with van der Waals surface area (Å²) in [4.78, 5) is 76.4. The zero-order valence-corrected chi connectivity index (χ0v) is 24.0. The molecule has 0 saturated heterocycles. The van der Waals surface area contributed by atoms with Gasteiger partial charge in [-0.25, -0.2) is 0 Å². The minimum Gasteiger partial charge on any atom is -0.463 e. The molecule has 2 unspecified atom stereocenters. The number of hydrogen-bond donors (Lipinski definition) is 3. The minimum atomic E-state index is -1.37. The van der Waals surface area contributed by atoms with Crippen molar-refractivity contribution in [3.8, 4) is 0 Å². The predicted octanol–water partition coefficient (Wildman–Crippen LogP) is -1.27. The van der Waals surface area contributed by atoms with Crippen molar-refractivity contribution in [2.24, 2.45) is 5.73 Å². The molecule has 3 atom stereocenters. The van der Waals surface area contributed by atoms with E-state index in [4.69, 9.17) is 19.9 Å². The first-order valence-electron chi connectivity index (χ1n) is 12.7. The predicted molar refractivity (Wildman–Crippen MR) is 147 cm³/mol. The lowest BCUT2D eigenvalue weighted by Gasteiger charge is -2.27. The van der Waals surface area contributed by atoms with Gasteiger partial charge in [-0.05, 0) is 19.5 Å². The van der Waals surface area contributed by atoms with Crippen LogP contribution in [0.1, 0.15) is 18.9 Å². The molecule has 0 aromatic heterocycles. The van der Waals surface area contributed by atoms with E-state index < -0.39 is 53.8 Å². The first-order chi connectivity index (χ1) is 19.3. The van der Waals surface area contributed by atoms with Crippen LogP contribution >= 0.6 is 0 Å². The van der Waals surface area contributed by atoms with E-state index in [1.165, 1.54) is 35.2 Å². The number of likely N-dealkylation sites (N-methyl/N-ethyl adjacent to an activating group) is 3. The van der Waals surface area contributed by atoms with Gasteiger partial charge in [0, 0.05) is 27.6 Å². The van der Waals surface area contributed by atoms with Crippen LogP contribution in [0, 0.1) is 0 Å². The Morgan fingerprint density at radius 1 is 1.05 bits per heavy atom. The highest BCUT2D eigenvalue weighted by Gasteiger charge is 2.33. The number of nitrogens with one attached hydrogen (secondary N) is 2. The molecule has 0 fully saturated rings. The fourth-order valence-electron chi connectivity index (χ4n) is 3.42. The van der Waals surface area contributed by atoms with Crippen molar-refractivity contribution in [1.29, 1.82) is 0 Å². The Kier molecular flexibility index (Phi) is 14.7. The fourth-order valence-corrected chi connectivity index (χ4v) is 3.42. The molecule has 0 aliphatic heterocycles. The van der Waals surface area contributed by atoms with Crippen LogP contribution in [-0.4, -0.2) is 112 Å². The summed E-state index contributed by atoms with van der Waals surface area (Å²) in [7, 11) is 5.52. The van der Waals surface area contributed by atoms with Gasteiger partial charge in [-0.2, -0.15) is 0 Å². The topological polar surface area (TPSA) is 187 Å². The van der Waals surface area contributed by atoms with E-state index in [0.717, 1.165) is 9.80 Å². The van der Waals surface area contributed by atoms with Gasteiger partial charge in [-0.1, -0.05) is 36.9 Å². The lowest BCUT2D eigenvalue weighted by atomic mass is 10.1. The molecule has 41 heavy (non-hydrogen) atoms. The Labute approximate surface area is 239 Å². The summed E-state index contributed by atoms with van der Waals surface area (Å²) >= 11 is 0. The Balaban J connectivity index is 3.00. The van der Waals surface area contributed by atoms with Crippen LogP contribution in [0.5, 0.6) is 0 Å². The van der Waals surface area contributed by atoms with E-state index in [1.807, 2.05) is 0 Å². The largest absolute Gasteiger partial charge is 0.463 e. The molecule has 1 aromatic carbocycles. The van der Waals surface area contributed by atoms with Gasteiger partial charge < -0.3 is 40.4 Å². The summed E-state index contributed by atoms with van der Waals surface area (Å²) < 4.78 is 15.4. The molecule has 4 N–H and O–H groups in total. The minimum absolute atomic E-state index is 0.00227. The number of nitrogens with two attached hydrogens (primary N) is 1. The number of rotatable bonds is 17. The number of carbonyl (C=O) groups excluding carboxylic acids is 6. The van der Waals surface area contributed by atoms with E-state index in [2.05, 4.69) is 17.2 Å². The maximum absolute atomic E-state index is 13.4. The number of carbonyl (C=O) groups is 6. The quantitative estimate of drug-likeness (QED) is 0.149. The average Bonchev–Trinajstić information content (AvgIpc) is 2.94. The molecule has 0 radical (unpaired) electrons. The van der Waals surface area contributed by atoms with E-state index in [1.54, 1.807) is 30.3 Å². The molecule has 0 aliphatic carbocycles. The maximum atomic E-state index is 13.4. The van der Waals surface area contributed by atoms with Crippen molar-refractivity contribution in [3.63, 3.8) is 0 Å². The molecule has 1 aromatic rings. The molecule has 14 heteroatoms. The molecule has 0 saturated carbocycles. The molecule has 0 heterocycles. The van der Waals surface area contributed by atoms with E-state index >= 15 is 0 Å². The van der Waals surface area contributed by atoms with E-state index in [9.17, 15) is 28.8 Å². The molecule has 1 rings (SSSR count). The van der Waals surface area contributed by atoms with Gasteiger partial charge in [-0.15, -0.1) is 0 Å². The number of methoxy groups -OCH3 is 1. The van der Waals surface area contributed by atoms with Crippen molar-refractivity contribution >= 4 is 35.6 Å². The second-order valence-electron chi connectivity index (χ2n) is 9.08. The Bertz CT molecular complexity index is 1100. The van der Waals surface area contributed by atoms with Crippen LogP contribution < -0.4 is 16.4 Å². The van der Waals surface area contributed by atoms with Gasteiger partial charge in [-0.3, -0.25) is 28.8 Å². The van der Waals surface area contributed by atoms with Crippen LogP contribution in [0.4, 0.5) is 0 Å². The van der Waals surface area contributed by atoms with Crippen molar-refractivity contribution in [1.82, 2.24) is 20.4 Å². The van der Waals surface area contributed by atoms with Crippen LogP contribution in [0.3, 0.4) is 0 Å². The number of benzene rings is 1. The molecule has 226 valence electrons. The second kappa shape index (κ2) is 17.4. The molecule has 0 spiro atoms. The van der Waals surface area contributed by atoms with Gasteiger partial charge in [0.05, 0.1) is 19.6 Å². The molecule has 0 bridgehead atoms. The van der Waals surface area contributed by atoms with E-state index in [-0.39, 0.29) is 38.3 Å². The Hall–Kier alpha value is -4.30. The fraction of sp³-hybridized carbons (Fsp3) is 0.481. The SMILES string of the molecule is C=C(C(=O)N[C@@H](C)C(=O)N(C)CC(N)=O)N(C)C(=O)C(Cc1ccccc1)OC(=O)C(COC(=O)CCOC)NC. The smallest absolute Gasteiger partial charge is 0.327 e. The van der Waals surface area contributed by atoms with Crippen molar-refractivity contribution in [3.05, 3.63) is 48.2 Å². The zero-order valence-electron chi connectivity index (χ0n) is 24.0. The van der Waals surface area contributed by atoms with Crippen LogP contribution in [-0.2, 0) is 49.4 Å². The lowest BCUT2D eigenvalue weighted by Crippen LogP contribution is -2.50. The summed E-state index contributed by atoms with van der Waals surface area (Å²) in [6.07, 6.45) is -1.40. The first-order valence-corrected chi connectivity index (χ1v) is 12.7. The number of amides is 4. The van der Waals surface area contributed by atoms with E-state index in [0.29, 0.717) is 5.56 Å². The molecule has 0 aliphatic rings. The van der Waals surface area contributed by atoms with Gasteiger partial charge in [0.1, 0.15) is 24.4 Å². The monoisotopic (exact) mass is 577 g/mol. The van der Waals surface area contributed by atoms with Crippen molar-refractivity contribution in [2.45, 2.75) is 38.0 Å². The standard InChI is InChI=1S/C27H39N5O9/c1-17(25(36)31(4)15-22(28)33)30-24(35)18(2)32(5)26(37)21(14-19-10-8-7-9-11-19)41-27(38)20(29-3)16-40-23(34)12-13-39-6/h7-11,17,20-21,29H,2,12-16H2,1,3-6H3,(H2,28,33)(H,30,35)/t17-,20?,21?/m0/s1. The molecular weight excluding hydrogens is 538 g/mol. The summed E-state index contributed by atoms with van der Waals surface area (Å²) in [5, 5.41) is 5.11. The Morgan fingerprint density at radius 2 is 1.68 bits per heavy atom. The van der Waals surface area contributed by atoms with Gasteiger partial charge in [0.2, 0.25) is 11.8 Å². The third kappa shape index (κ3) is 11.8. The third-order valence-corrected chi connectivity index (χ3v) is 5.84.